The van der Waals surface area contributed by atoms with E-state index in [2.05, 4.69) is 9.71 Å². The fourth-order valence-electron chi connectivity index (χ4n) is 1.84. The Labute approximate surface area is 118 Å². The van der Waals surface area contributed by atoms with Crippen molar-refractivity contribution in [1.82, 2.24) is 9.55 Å². The van der Waals surface area contributed by atoms with E-state index in [0.29, 0.717) is 17.9 Å². The van der Waals surface area contributed by atoms with Gasteiger partial charge in [0.15, 0.2) is 0 Å². The summed E-state index contributed by atoms with van der Waals surface area (Å²) in [5.41, 5.74) is 1.79. The number of sulfonamides is 1. The summed E-state index contributed by atoms with van der Waals surface area (Å²) >= 11 is 0. The summed E-state index contributed by atoms with van der Waals surface area (Å²) in [5, 5.41) is 9.20. The maximum absolute atomic E-state index is 12.3. The van der Waals surface area contributed by atoms with Crippen LogP contribution in [0.1, 0.15) is 18.3 Å². The van der Waals surface area contributed by atoms with Gasteiger partial charge in [0.2, 0.25) is 0 Å². The van der Waals surface area contributed by atoms with Crippen LogP contribution in [0.15, 0.2) is 35.5 Å². The molecule has 108 valence electrons. The van der Waals surface area contributed by atoms with Gasteiger partial charge in [-0.3, -0.25) is 9.71 Å². The lowest BCUT2D eigenvalue weighted by Gasteiger charge is -2.06. The molecule has 2 aromatic rings. The first kappa shape index (κ1) is 14.5. The van der Waals surface area contributed by atoms with Crippen molar-refractivity contribution in [3.05, 3.63) is 42.0 Å². The second kappa shape index (κ2) is 5.64. The van der Waals surface area contributed by atoms with E-state index >= 15 is 0 Å². The molecule has 20 heavy (non-hydrogen) atoms. The van der Waals surface area contributed by atoms with Crippen LogP contribution in [0.3, 0.4) is 0 Å². The molecule has 0 atom stereocenters. The van der Waals surface area contributed by atoms with Crippen LogP contribution in [0.25, 0.3) is 0 Å². The first-order chi connectivity index (χ1) is 9.46. The summed E-state index contributed by atoms with van der Waals surface area (Å²) in [6, 6.07) is 4.85. The van der Waals surface area contributed by atoms with E-state index < -0.39 is 10.0 Å². The molecule has 0 aliphatic rings. The zero-order chi connectivity index (χ0) is 14.8. The molecule has 2 aromatic heterocycles. The summed E-state index contributed by atoms with van der Waals surface area (Å²) in [7, 11) is -3.67. The van der Waals surface area contributed by atoms with Crippen LogP contribution in [0.4, 0.5) is 5.69 Å². The van der Waals surface area contributed by atoms with Crippen molar-refractivity contribution in [3.63, 3.8) is 0 Å². The maximum atomic E-state index is 12.3. The van der Waals surface area contributed by atoms with Crippen LogP contribution < -0.4 is 4.72 Å². The quantitative estimate of drug-likeness (QED) is 0.875. The van der Waals surface area contributed by atoms with Crippen LogP contribution in [-0.2, 0) is 23.2 Å². The number of hydrogen-bond acceptors (Lipinski definition) is 4. The number of anilines is 1. The fraction of sp³-hybridized carbons (Fsp3) is 0.308. The SMILES string of the molecule is CCn1cc(S(=O)(=O)Nc2ccc(C)nc2)cc1CO. The van der Waals surface area contributed by atoms with E-state index in [4.69, 9.17) is 0 Å². The molecular formula is C13H17N3O3S. The van der Waals surface area contributed by atoms with Crippen LogP contribution >= 0.6 is 0 Å². The zero-order valence-corrected chi connectivity index (χ0v) is 12.2. The van der Waals surface area contributed by atoms with Gasteiger partial charge in [-0.25, -0.2) is 8.42 Å². The number of nitrogens with zero attached hydrogens (tertiary/aromatic N) is 2. The third kappa shape index (κ3) is 3.00. The van der Waals surface area contributed by atoms with Gasteiger partial charge in [-0.2, -0.15) is 0 Å². The molecule has 0 radical (unpaired) electrons. The normalized spacial score (nSPS) is 11.6. The molecule has 2 N–H and O–H groups in total. The highest BCUT2D eigenvalue weighted by Crippen LogP contribution is 2.18. The Bertz CT molecular complexity index is 669. The predicted octanol–water partition coefficient (Wildman–Crippen LogP) is 1.50. The lowest BCUT2D eigenvalue weighted by Crippen LogP contribution is -2.12. The van der Waals surface area contributed by atoms with Crippen molar-refractivity contribution >= 4 is 15.7 Å². The Kier molecular flexibility index (Phi) is 4.10. The molecule has 0 spiro atoms. The minimum Gasteiger partial charge on any atom is -0.390 e. The van der Waals surface area contributed by atoms with Gasteiger partial charge >= 0.3 is 0 Å². The van der Waals surface area contributed by atoms with Crippen LogP contribution in [0.5, 0.6) is 0 Å². The van der Waals surface area contributed by atoms with Crippen LogP contribution in [-0.4, -0.2) is 23.1 Å². The third-order valence-corrected chi connectivity index (χ3v) is 4.29. The second-order valence-electron chi connectivity index (χ2n) is 4.41. The highest BCUT2D eigenvalue weighted by Gasteiger charge is 2.18. The molecular weight excluding hydrogens is 278 g/mol. The van der Waals surface area contributed by atoms with E-state index in [9.17, 15) is 13.5 Å². The number of aryl methyl sites for hydroxylation is 2. The molecule has 7 heteroatoms. The Morgan fingerprint density at radius 1 is 1.40 bits per heavy atom. The van der Waals surface area contributed by atoms with Crippen molar-refractivity contribution in [3.8, 4) is 0 Å². The number of hydrogen-bond donors (Lipinski definition) is 2. The van der Waals surface area contributed by atoms with Gasteiger partial charge in [-0.1, -0.05) is 0 Å². The van der Waals surface area contributed by atoms with Gasteiger partial charge in [0.05, 0.1) is 18.5 Å². The summed E-state index contributed by atoms with van der Waals surface area (Å²) < 4.78 is 28.7. The van der Waals surface area contributed by atoms with Gasteiger partial charge in [-0.05, 0) is 32.0 Å². The van der Waals surface area contributed by atoms with Crippen molar-refractivity contribution in [2.24, 2.45) is 0 Å². The zero-order valence-electron chi connectivity index (χ0n) is 11.4. The standard InChI is InChI=1S/C13H17N3O3S/c1-3-16-8-13(6-12(16)9-17)20(18,19)15-11-5-4-10(2)14-7-11/h4-8,15,17H,3,9H2,1-2H3. The number of aliphatic hydroxyl groups excluding tert-OH is 1. The van der Waals surface area contributed by atoms with E-state index in [1.807, 2.05) is 13.8 Å². The molecule has 0 aliphatic heterocycles. The Morgan fingerprint density at radius 2 is 2.15 bits per heavy atom. The van der Waals surface area contributed by atoms with Gasteiger partial charge in [-0.15, -0.1) is 0 Å². The minimum absolute atomic E-state index is 0.129. The molecule has 0 saturated carbocycles. The monoisotopic (exact) mass is 295 g/mol. The summed E-state index contributed by atoms with van der Waals surface area (Å²) in [6.07, 6.45) is 2.98. The number of aromatic nitrogens is 2. The third-order valence-electron chi connectivity index (χ3n) is 2.94. The minimum atomic E-state index is -3.67. The predicted molar refractivity (Wildman–Crippen MR) is 75.8 cm³/mol. The Hall–Kier alpha value is -1.86. The molecule has 2 rings (SSSR count). The largest absolute Gasteiger partial charge is 0.390 e. The summed E-state index contributed by atoms with van der Waals surface area (Å²) in [5.74, 6) is 0. The van der Waals surface area contributed by atoms with Gasteiger partial charge in [0, 0.05) is 24.1 Å². The van der Waals surface area contributed by atoms with Gasteiger partial charge in [0.1, 0.15) is 4.90 Å². The highest BCUT2D eigenvalue weighted by molar-refractivity contribution is 7.92. The van der Waals surface area contributed by atoms with Crippen LogP contribution in [0, 0.1) is 6.92 Å². The van der Waals surface area contributed by atoms with E-state index in [1.54, 1.807) is 16.7 Å². The maximum Gasteiger partial charge on any atom is 0.263 e. The van der Waals surface area contributed by atoms with E-state index in [0.717, 1.165) is 5.69 Å². The molecule has 0 saturated heterocycles. The molecule has 0 aromatic carbocycles. The summed E-state index contributed by atoms with van der Waals surface area (Å²) in [4.78, 5) is 4.17. The van der Waals surface area contributed by atoms with Crippen LogP contribution in [0.2, 0.25) is 0 Å². The number of aliphatic hydroxyl groups is 1. The molecule has 2 heterocycles. The molecule has 0 fully saturated rings. The number of nitrogens with one attached hydrogen (secondary N) is 1. The molecule has 6 nitrogen and oxygen atoms in total. The highest BCUT2D eigenvalue weighted by atomic mass is 32.2. The fourth-order valence-corrected chi connectivity index (χ4v) is 2.95. The topological polar surface area (TPSA) is 84.2 Å². The smallest absolute Gasteiger partial charge is 0.263 e. The second-order valence-corrected chi connectivity index (χ2v) is 6.09. The van der Waals surface area contributed by atoms with Gasteiger partial charge < -0.3 is 9.67 Å². The van der Waals surface area contributed by atoms with Gasteiger partial charge in [0.25, 0.3) is 10.0 Å². The number of rotatable bonds is 5. The van der Waals surface area contributed by atoms with E-state index in [-0.39, 0.29) is 11.5 Å². The number of pyridine rings is 1. The van der Waals surface area contributed by atoms with Crippen molar-refractivity contribution in [1.29, 1.82) is 0 Å². The first-order valence-electron chi connectivity index (χ1n) is 6.21. The van der Waals surface area contributed by atoms with E-state index in [1.165, 1.54) is 18.5 Å². The average molecular weight is 295 g/mol. The molecule has 0 amide bonds. The molecule has 0 bridgehead atoms. The molecule has 0 unspecified atom stereocenters. The van der Waals surface area contributed by atoms with Crippen molar-refractivity contribution in [2.75, 3.05) is 4.72 Å². The average Bonchev–Trinajstić information content (AvgIpc) is 2.85. The Balaban J connectivity index is 2.30. The van der Waals surface area contributed by atoms with Crippen molar-refractivity contribution in [2.45, 2.75) is 31.9 Å². The van der Waals surface area contributed by atoms with Crippen molar-refractivity contribution < 1.29 is 13.5 Å². The first-order valence-corrected chi connectivity index (χ1v) is 7.70. The molecule has 0 aliphatic carbocycles. The summed E-state index contributed by atoms with van der Waals surface area (Å²) in [6.45, 7) is 4.10. The Morgan fingerprint density at radius 3 is 2.65 bits per heavy atom. The lowest BCUT2D eigenvalue weighted by atomic mass is 10.4. The lowest BCUT2D eigenvalue weighted by molar-refractivity contribution is 0.271.